The lowest BCUT2D eigenvalue weighted by molar-refractivity contribution is -0.115. The topological polar surface area (TPSA) is 101 Å². The van der Waals surface area contributed by atoms with Gasteiger partial charge in [-0.05, 0) is 32.0 Å². The summed E-state index contributed by atoms with van der Waals surface area (Å²) in [6, 6.07) is 14.7. The van der Waals surface area contributed by atoms with E-state index in [1.807, 2.05) is 30.5 Å². The molecule has 0 bridgehead atoms. The number of carbonyl (C=O) groups excluding carboxylic acids is 2. The molecule has 0 saturated carbocycles. The highest BCUT2D eigenvalue weighted by atomic mass is 32.2. The molecule has 7 nitrogen and oxygen atoms in total. The molecule has 0 aliphatic rings. The first-order valence-electron chi connectivity index (χ1n) is 9.00. The number of fused-ring (bicyclic) bond motifs is 1. The van der Waals surface area contributed by atoms with E-state index in [0.29, 0.717) is 22.4 Å². The van der Waals surface area contributed by atoms with Gasteiger partial charge in [0.15, 0.2) is 5.78 Å². The lowest BCUT2D eigenvalue weighted by Crippen LogP contribution is -2.23. The van der Waals surface area contributed by atoms with Gasteiger partial charge in [-0.3, -0.25) is 9.59 Å². The number of rotatable bonds is 6. The molecule has 0 aliphatic carbocycles. The minimum absolute atomic E-state index is 0.110. The summed E-state index contributed by atoms with van der Waals surface area (Å²) >= 11 is 1.16. The molecule has 2 N–H and O–H groups in total. The normalized spacial score (nSPS) is 12.1. The molecule has 0 saturated heterocycles. The molecule has 4 aromatic rings. The predicted octanol–water partition coefficient (Wildman–Crippen LogP) is 4.54. The lowest BCUT2D eigenvalue weighted by Gasteiger charge is -2.12. The van der Waals surface area contributed by atoms with Crippen LogP contribution in [-0.4, -0.2) is 32.1 Å². The summed E-state index contributed by atoms with van der Waals surface area (Å²) < 4.78 is 5.76. The molecule has 1 amide bonds. The summed E-state index contributed by atoms with van der Waals surface area (Å²) in [5.41, 5.74) is 2.75. The highest BCUT2D eigenvalue weighted by Gasteiger charge is 2.21. The highest BCUT2D eigenvalue weighted by Crippen LogP contribution is 2.31. The van der Waals surface area contributed by atoms with Crippen molar-refractivity contribution >= 4 is 40.0 Å². The summed E-state index contributed by atoms with van der Waals surface area (Å²) in [6.45, 7) is 3.21. The van der Waals surface area contributed by atoms with Crippen LogP contribution < -0.4 is 5.32 Å². The van der Waals surface area contributed by atoms with Crippen molar-refractivity contribution in [1.29, 1.82) is 0 Å². The number of hydrogen-bond donors (Lipinski definition) is 2. The zero-order valence-corrected chi connectivity index (χ0v) is 16.6. The van der Waals surface area contributed by atoms with Gasteiger partial charge in [0.25, 0.3) is 11.1 Å². The third-order valence-electron chi connectivity index (χ3n) is 4.44. The van der Waals surface area contributed by atoms with Crippen molar-refractivity contribution in [2.75, 3.05) is 5.32 Å². The van der Waals surface area contributed by atoms with Crippen LogP contribution in [0.25, 0.3) is 22.4 Å². The molecule has 4 rings (SSSR count). The highest BCUT2D eigenvalue weighted by molar-refractivity contribution is 8.00. The number of aromatic amines is 1. The molecule has 0 fully saturated rings. The molecule has 29 heavy (non-hydrogen) atoms. The van der Waals surface area contributed by atoms with Crippen LogP contribution in [0.5, 0.6) is 0 Å². The van der Waals surface area contributed by atoms with Crippen LogP contribution >= 0.6 is 11.8 Å². The Hall–Kier alpha value is -3.39. The quantitative estimate of drug-likeness (QED) is 0.360. The van der Waals surface area contributed by atoms with Crippen molar-refractivity contribution in [3.63, 3.8) is 0 Å². The number of Topliss-reactive ketones (excluding diaryl/α,β-unsaturated/α-hetero) is 1. The number of benzene rings is 2. The number of thioether (sulfide) groups is 1. The van der Waals surface area contributed by atoms with Gasteiger partial charge in [0.1, 0.15) is 0 Å². The van der Waals surface area contributed by atoms with E-state index in [0.717, 1.165) is 28.2 Å². The Morgan fingerprint density at radius 1 is 1.10 bits per heavy atom. The van der Waals surface area contributed by atoms with E-state index in [4.69, 9.17) is 4.42 Å². The van der Waals surface area contributed by atoms with Gasteiger partial charge >= 0.3 is 0 Å². The van der Waals surface area contributed by atoms with Crippen LogP contribution in [-0.2, 0) is 4.79 Å². The van der Waals surface area contributed by atoms with E-state index < -0.39 is 5.25 Å². The first kappa shape index (κ1) is 18.9. The van der Waals surface area contributed by atoms with Crippen molar-refractivity contribution in [3.8, 4) is 11.5 Å². The fraction of sp³-hybridized carbons (Fsp3) is 0.143. The first-order valence-corrected chi connectivity index (χ1v) is 9.88. The Labute approximate surface area is 170 Å². The standard InChI is InChI=1S/C21H18N4O3S/c1-12(26)14-7-3-6-10-18(14)23-19(27)13(2)29-21-25-24-20(28-21)16-11-22-17-9-5-4-8-15(16)17/h3-11,13,22H,1-2H3,(H,23,27)/t13-/m1/s1. The first-order chi connectivity index (χ1) is 14.0. The number of aromatic nitrogens is 3. The summed E-state index contributed by atoms with van der Waals surface area (Å²) in [5.74, 6) is 0.0245. The van der Waals surface area contributed by atoms with Gasteiger partial charge in [-0.25, -0.2) is 0 Å². The molecule has 146 valence electrons. The number of nitrogens with one attached hydrogen (secondary N) is 2. The maximum atomic E-state index is 12.6. The van der Waals surface area contributed by atoms with Crippen molar-refractivity contribution < 1.29 is 14.0 Å². The summed E-state index contributed by atoms with van der Waals surface area (Å²) in [5, 5.41) is 11.7. The fourth-order valence-electron chi connectivity index (χ4n) is 2.95. The number of carbonyl (C=O) groups is 2. The monoisotopic (exact) mass is 406 g/mol. The molecule has 0 unspecified atom stereocenters. The maximum absolute atomic E-state index is 12.6. The SMILES string of the molecule is CC(=O)c1ccccc1NC(=O)[C@@H](C)Sc1nnc(-c2c[nH]c3ccccc23)o1. The largest absolute Gasteiger partial charge is 0.411 e. The Kier molecular flexibility index (Phi) is 5.18. The Morgan fingerprint density at radius 3 is 2.69 bits per heavy atom. The Bertz CT molecular complexity index is 1200. The average molecular weight is 406 g/mol. The second-order valence-corrected chi connectivity index (χ2v) is 7.76. The molecular formula is C21H18N4O3S. The van der Waals surface area contributed by atoms with Gasteiger partial charge in [-0.1, -0.05) is 42.1 Å². The smallest absolute Gasteiger partial charge is 0.277 e. The van der Waals surface area contributed by atoms with Crippen LogP contribution in [0.2, 0.25) is 0 Å². The minimum atomic E-state index is -0.494. The zero-order valence-electron chi connectivity index (χ0n) is 15.8. The number of hydrogen-bond acceptors (Lipinski definition) is 6. The van der Waals surface area contributed by atoms with Crippen molar-refractivity contribution in [2.45, 2.75) is 24.3 Å². The summed E-state index contributed by atoms with van der Waals surface area (Å²) in [7, 11) is 0. The van der Waals surface area contributed by atoms with E-state index in [1.165, 1.54) is 6.92 Å². The third-order valence-corrected chi connectivity index (χ3v) is 5.37. The van der Waals surface area contributed by atoms with Gasteiger partial charge < -0.3 is 14.7 Å². The molecule has 2 aromatic heterocycles. The second-order valence-electron chi connectivity index (χ2n) is 6.47. The zero-order chi connectivity index (χ0) is 20.4. The van der Waals surface area contributed by atoms with Crippen LogP contribution in [0.15, 0.2) is 64.4 Å². The summed E-state index contributed by atoms with van der Waals surface area (Å²) in [4.78, 5) is 27.5. The molecule has 2 aromatic carbocycles. The van der Waals surface area contributed by atoms with E-state index in [1.54, 1.807) is 31.2 Å². The number of ketones is 1. The average Bonchev–Trinajstić information content (AvgIpc) is 3.34. The predicted molar refractivity (Wildman–Crippen MR) is 112 cm³/mol. The molecule has 8 heteroatoms. The van der Waals surface area contributed by atoms with Gasteiger partial charge in [0.2, 0.25) is 5.91 Å². The number of anilines is 1. The van der Waals surface area contributed by atoms with Gasteiger partial charge in [-0.15, -0.1) is 10.2 Å². The molecule has 2 heterocycles. The minimum Gasteiger partial charge on any atom is -0.411 e. The fourth-order valence-corrected chi connectivity index (χ4v) is 3.64. The lowest BCUT2D eigenvalue weighted by atomic mass is 10.1. The van der Waals surface area contributed by atoms with Crippen LogP contribution in [0, 0.1) is 0 Å². The van der Waals surface area contributed by atoms with Crippen molar-refractivity contribution in [2.24, 2.45) is 0 Å². The third kappa shape index (κ3) is 3.93. The Balaban J connectivity index is 1.47. The number of para-hydroxylation sites is 2. The molecule has 0 radical (unpaired) electrons. The van der Waals surface area contributed by atoms with Crippen molar-refractivity contribution in [3.05, 3.63) is 60.3 Å². The van der Waals surface area contributed by atoms with Crippen LogP contribution in [0.4, 0.5) is 5.69 Å². The van der Waals surface area contributed by atoms with E-state index in [-0.39, 0.29) is 11.7 Å². The number of amides is 1. The van der Waals surface area contributed by atoms with Crippen LogP contribution in [0.3, 0.4) is 0 Å². The van der Waals surface area contributed by atoms with Gasteiger partial charge in [0, 0.05) is 22.7 Å². The summed E-state index contributed by atoms with van der Waals surface area (Å²) in [6.07, 6.45) is 1.82. The maximum Gasteiger partial charge on any atom is 0.277 e. The Morgan fingerprint density at radius 2 is 1.86 bits per heavy atom. The van der Waals surface area contributed by atoms with E-state index in [9.17, 15) is 9.59 Å². The molecule has 0 aliphatic heterocycles. The number of nitrogens with zero attached hydrogens (tertiary/aromatic N) is 2. The van der Waals surface area contributed by atoms with Gasteiger partial charge in [0.05, 0.1) is 16.5 Å². The molecule has 0 spiro atoms. The second kappa shape index (κ2) is 7.92. The molecular weight excluding hydrogens is 388 g/mol. The van der Waals surface area contributed by atoms with E-state index >= 15 is 0 Å². The van der Waals surface area contributed by atoms with Gasteiger partial charge in [-0.2, -0.15) is 0 Å². The van der Waals surface area contributed by atoms with Crippen molar-refractivity contribution in [1.82, 2.24) is 15.2 Å². The molecule has 1 atom stereocenters. The van der Waals surface area contributed by atoms with E-state index in [2.05, 4.69) is 20.5 Å². The van der Waals surface area contributed by atoms with Crippen LogP contribution in [0.1, 0.15) is 24.2 Å². The number of H-pyrrole nitrogens is 1.